The molecular weight excluding hydrogens is 917 g/mol. The van der Waals surface area contributed by atoms with Crippen LogP contribution in [0.15, 0.2) is 152 Å². The maximum atomic E-state index is 5.18. The molecule has 0 saturated heterocycles. The fraction of sp³-hybridized carbons (Fsp3) is 0.328. The molecule has 0 aliphatic carbocycles. The van der Waals surface area contributed by atoms with E-state index >= 15 is 0 Å². The number of pyridine rings is 1. The molecule has 7 aromatic rings. The molecule has 0 N–H and O–H groups in total. The molecule has 7 rings (SSSR count). The van der Waals surface area contributed by atoms with Crippen LogP contribution in [0.5, 0.6) is 0 Å². The van der Waals surface area contributed by atoms with Crippen LogP contribution >= 0.6 is 0 Å². The summed E-state index contributed by atoms with van der Waals surface area (Å²) in [4.78, 5) is 15.0. The van der Waals surface area contributed by atoms with Gasteiger partial charge in [-0.3, -0.25) is 4.98 Å². The Balaban J connectivity index is 0.000000267. The van der Waals surface area contributed by atoms with E-state index in [9.17, 15) is 0 Å². The van der Waals surface area contributed by atoms with Gasteiger partial charge in [-0.2, -0.15) is 19.3 Å². The minimum absolute atomic E-state index is 0. The SMILES string of the molecule is CC(C)(C)c1cc(-c2nc(-c3ccccn3)[n-]c2-c2cc(C(C)(C)C)cc(C(C)(C)C)c2)cc(C(C)(C)C)c1.[Hf].c1ccc(C[C-](Cc2ccccc2)Cc2ccccc2)cc1. The van der Waals surface area contributed by atoms with Crippen LogP contribution < -0.4 is 4.98 Å². The van der Waals surface area contributed by atoms with Crippen molar-refractivity contribution in [2.45, 2.75) is 124 Å². The zero-order valence-corrected chi connectivity index (χ0v) is 43.0. The van der Waals surface area contributed by atoms with Gasteiger partial charge in [-0.15, -0.1) is 0 Å². The Kier molecular flexibility index (Phi) is 15.8. The van der Waals surface area contributed by atoms with Crippen LogP contribution in [0, 0.1) is 5.92 Å². The van der Waals surface area contributed by atoms with E-state index in [2.05, 4.69) is 215 Å². The molecule has 0 aliphatic rings. The summed E-state index contributed by atoms with van der Waals surface area (Å²) < 4.78 is 0. The first kappa shape index (κ1) is 48.4. The Morgan fingerprint density at radius 1 is 0.435 bits per heavy atom. The standard InChI is InChI=1S/C36H46N3.C22H21.Hf/c1-33(2,3)25-17-23(18-26(21-25)34(4,5)6)30-31(39-32(38-30)29-15-13-14-16-37-29)24-19-27(35(7,8)9)22-28(20-24)36(10,11)12;1-4-10-19(11-5-1)16-22(17-20-12-6-2-7-13-20)18-21-14-8-3-9-15-21;/h13-22H,1-12H3;1-15H,16-18H2;/q2*-1;. The molecule has 4 heteroatoms. The van der Waals surface area contributed by atoms with Gasteiger partial charge in [-0.05, 0) is 84.4 Å². The molecule has 0 amide bonds. The molecule has 0 aliphatic heterocycles. The van der Waals surface area contributed by atoms with Crippen LogP contribution in [0.25, 0.3) is 34.0 Å². The number of imidazole rings is 1. The second kappa shape index (κ2) is 20.2. The van der Waals surface area contributed by atoms with E-state index in [0.29, 0.717) is 5.82 Å². The second-order valence-electron chi connectivity index (χ2n) is 20.8. The van der Waals surface area contributed by atoms with Gasteiger partial charge in [0.05, 0.1) is 5.69 Å². The molecule has 0 radical (unpaired) electrons. The van der Waals surface area contributed by atoms with Gasteiger partial charge in [-0.25, -0.2) is 0 Å². The summed E-state index contributed by atoms with van der Waals surface area (Å²) in [6, 6.07) is 52.2. The van der Waals surface area contributed by atoms with E-state index in [-0.39, 0.29) is 47.5 Å². The Morgan fingerprint density at radius 2 is 0.790 bits per heavy atom. The largest absolute Gasteiger partial charge is 0.434 e. The van der Waals surface area contributed by atoms with Gasteiger partial charge in [0.1, 0.15) is 0 Å². The zero-order valence-electron chi connectivity index (χ0n) is 39.4. The minimum Gasteiger partial charge on any atom is -0.434 e. The molecule has 62 heavy (non-hydrogen) atoms. The molecule has 3 nitrogen and oxygen atoms in total. The van der Waals surface area contributed by atoms with E-state index in [1.54, 1.807) is 12.1 Å². The van der Waals surface area contributed by atoms with Crippen molar-refractivity contribution in [3.63, 3.8) is 0 Å². The molecule has 5 aromatic carbocycles. The predicted octanol–water partition coefficient (Wildman–Crippen LogP) is 14.9. The molecule has 0 unspecified atom stereocenters. The zero-order chi connectivity index (χ0) is 44.0. The van der Waals surface area contributed by atoms with Gasteiger partial charge < -0.3 is 15.9 Å². The van der Waals surface area contributed by atoms with Crippen molar-refractivity contribution in [2.75, 3.05) is 0 Å². The van der Waals surface area contributed by atoms with Crippen LogP contribution in [0.1, 0.15) is 122 Å². The first-order valence-corrected chi connectivity index (χ1v) is 22.0. The molecule has 320 valence electrons. The third kappa shape index (κ3) is 13.2. The maximum absolute atomic E-state index is 5.18. The minimum atomic E-state index is 0. The van der Waals surface area contributed by atoms with Crippen molar-refractivity contribution in [2.24, 2.45) is 0 Å². The fourth-order valence-corrected chi connectivity index (χ4v) is 7.46. The van der Waals surface area contributed by atoms with Crippen LogP contribution in [-0.4, -0.2) is 9.97 Å². The van der Waals surface area contributed by atoms with Crippen LogP contribution in [0.4, 0.5) is 0 Å². The van der Waals surface area contributed by atoms with Crippen LogP contribution in [0.2, 0.25) is 0 Å². The molecular formula is C58H67HfN3-2. The summed E-state index contributed by atoms with van der Waals surface area (Å²) in [5.41, 5.74) is 14.2. The average Bonchev–Trinajstić information content (AvgIpc) is 3.67. The maximum Gasteiger partial charge on any atom is 0.0620 e. The topological polar surface area (TPSA) is 39.9 Å². The third-order valence-corrected chi connectivity index (χ3v) is 11.3. The number of hydrogen-bond acceptors (Lipinski definition) is 2. The monoisotopic (exact) mass is 985 g/mol. The van der Waals surface area contributed by atoms with Gasteiger partial charge in [0.25, 0.3) is 0 Å². The first-order chi connectivity index (χ1) is 28.7. The second-order valence-corrected chi connectivity index (χ2v) is 20.8. The van der Waals surface area contributed by atoms with Gasteiger partial charge >= 0.3 is 0 Å². The van der Waals surface area contributed by atoms with Crippen molar-refractivity contribution in [1.82, 2.24) is 15.0 Å². The van der Waals surface area contributed by atoms with E-state index in [4.69, 9.17) is 9.97 Å². The average molecular weight is 985 g/mol. The van der Waals surface area contributed by atoms with Gasteiger partial charge in [0, 0.05) is 32.0 Å². The normalized spacial score (nSPS) is 12.1. The molecule has 0 atom stereocenters. The van der Waals surface area contributed by atoms with E-state index < -0.39 is 0 Å². The number of hydrogen-bond donors (Lipinski definition) is 0. The number of nitrogens with zero attached hydrogens (tertiary/aromatic N) is 3. The summed E-state index contributed by atoms with van der Waals surface area (Å²) in [7, 11) is 0. The summed E-state index contributed by atoms with van der Waals surface area (Å²) in [5, 5.41) is 0. The van der Waals surface area contributed by atoms with E-state index in [1.165, 1.54) is 38.9 Å². The summed E-state index contributed by atoms with van der Waals surface area (Å²) in [6.07, 6.45) is 4.95. The van der Waals surface area contributed by atoms with Crippen molar-refractivity contribution >= 4 is 0 Å². The van der Waals surface area contributed by atoms with Crippen LogP contribution in [0.3, 0.4) is 0 Å². The van der Waals surface area contributed by atoms with E-state index in [0.717, 1.165) is 47.5 Å². The summed E-state index contributed by atoms with van der Waals surface area (Å²) >= 11 is 0. The van der Waals surface area contributed by atoms with E-state index in [1.807, 2.05) is 18.2 Å². The Hall–Kier alpha value is -4.67. The Bertz CT molecular complexity index is 2200. The summed E-state index contributed by atoms with van der Waals surface area (Å²) in [5.74, 6) is 2.22. The first-order valence-electron chi connectivity index (χ1n) is 22.0. The smallest absolute Gasteiger partial charge is 0.0620 e. The Labute approximate surface area is 393 Å². The molecule has 2 aromatic heterocycles. The molecule has 0 saturated carbocycles. The van der Waals surface area contributed by atoms with Crippen molar-refractivity contribution < 1.29 is 25.8 Å². The third-order valence-electron chi connectivity index (χ3n) is 11.3. The molecule has 0 fully saturated rings. The van der Waals surface area contributed by atoms with Crippen LogP contribution in [-0.2, 0) is 66.8 Å². The summed E-state index contributed by atoms with van der Waals surface area (Å²) in [6.45, 7) is 27.3. The number of aromatic nitrogens is 3. The van der Waals surface area contributed by atoms with Crippen molar-refractivity contribution in [3.05, 3.63) is 197 Å². The van der Waals surface area contributed by atoms with Crippen molar-refractivity contribution in [3.8, 4) is 34.0 Å². The molecule has 0 bridgehead atoms. The fourth-order valence-electron chi connectivity index (χ4n) is 7.46. The van der Waals surface area contributed by atoms with Gasteiger partial charge in [-0.1, -0.05) is 233 Å². The van der Waals surface area contributed by atoms with Gasteiger partial charge in [0.15, 0.2) is 0 Å². The molecule has 0 spiro atoms. The quantitative estimate of drug-likeness (QED) is 0.107. The van der Waals surface area contributed by atoms with Crippen molar-refractivity contribution in [1.29, 1.82) is 0 Å². The number of benzene rings is 5. The van der Waals surface area contributed by atoms with Gasteiger partial charge in [0.2, 0.25) is 0 Å². The molecule has 2 heterocycles. The number of rotatable bonds is 9. The Morgan fingerprint density at radius 3 is 1.13 bits per heavy atom. The predicted molar refractivity (Wildman–Crippen MR) is 260 cm³/mol.